The van der Waals surface area contributed by atoms with E-state index in [4.69, 9.17) is 9.72 Å². The van der Waals surface area contributed by atoms with Crippen LogP contribution in [0.25, 0.3) is 10.9 Å². The summed E-state index contributed by atoms with van der Waals surface area (Å²) < 4.78 is 6.09. The van der Waals surface area contributed by atoms with Crippen LogP contribution in [0.1, 0.15) is 19.3 Å². The highest BCUT2D eigenvalue weighted by Crippen LogP contribution is 2.30. The molecule has 2 atom stereocenters. The van der Waals surface area contributed by atoms with E-state index in [9.17, 15) is 5.11 Å². The van der Waals surface area contributed by atoms with E-state index in [1.54, 1.807) is 0 Å². The number of ether oxygens (including phenoxy) is 1. The second kappa shape index (κ2) is 6.29. The smallest absolute Gasteiger partial charge is 0.229 e. The molecule has 0 spiro atoms. The maximum atomic E-state index is 10.1. The van der Waals surface area contributed by atoms with Crippen molar-refractivity contribution in [1.82, 2.24) is 15.3 Å². The number of nitrogens with one attached hydrogen (secondary N) is 1. The molecule has 1 aliphatic heterocycles. The molecule has 1 aromatic carbocycles. The van der Waals surface area contributed by atoms with E-state index in [1.165, 1.54) is 0 Å². The van der Waals surface area contributed by atoms with Crippen molar-refractivity contribution >= 4 is 16.9 Å². The number of hydrogen-bond acceptors (Lipinski definition) is 6. The quantitative estimate of drug-likeness (QED) is 0.891. The van der Waals surface area contributed by atoms with Crippen LogP contribution < -0.4 is 15.0 Å². The zero-order valence-corrected chi connectivity index (χ0v) is 13.1. The standard InChI is InChI=1S/C17H22N4O2/c22-14-6-3-7-15(14)23-16-12-4-1-2-5-13(12)19-17(20-16)21-10-8-18-9-11-21/h1-2,4-5,14-15,18,22H,3,6-11H2/t14-,15+/m1/s1. The Balaban J connectivity index is 1.71. The van der Waals surface area contributed by atoms with Gasteiger partial charge in [0, 0.05) is 26.2 Å². The normalized spacial score (nSPS) is 25.0. The number of aromatic nitrogens is 2. The van der Waals surface area contributed by atoms with Gasteiger partial charge in [0.25, 0.3) is 0 Å². The Morgan fingerprint density at radius 1 is 1.13 bits per heavy atom. The molecule has 2 aromatic rings. The van der Waals surface area contributed by atoms with Crippen LogP contribution in [0.2, 0.25) is 0 Å². The number of hydrogen-bond donors (Lipinski definition) is 2. The zero-order chi connectivity index (χ0) is 15.6. The lowest BCUT2D eigenvalue weighted by Crippen LogP contribution is -2.44. The van der Waals surface area contributed by atoms with Crippen LogP contribution in [0, 0.1) is 0 Å². The first kappa shape index (κ1) is 14.7. The molecule has 6 nitrogen and oxygen atoms in total. The molecule has 2 aliphatic rings. The largest absolute Gasteiger partial charge is 0.471 e. The van der Waals surface area contributed by atoms with E-state index >= 15 is 0 Å². The minimum absolute atomic E-state index is 0.163. The van der Waals surface area contributed by atoms with Gasteiger partial charge in [-0.05, 0) is 31.4 Å². The van der Waals surface area contributed by atoms with E-state index in [-0.39, 0.29) is 6.10 Å². The number of aliphatic hydroxyl groups is 1. The molecule has 1 aromatic heterocycles. The van der Waals surface area contributed by atoms with Crippen molar-refractivity contribution < 1.29 is 9.84 Å². The number of anilines is 1. The molecule has 4 rings (SSSR count). The fourth-order valence-electron chi connectivity index (χ4n) is 3.32. The fourth-order valence-corrected chi connectivity index (χ4v) is 3.32. The molecule has 6 heteroatoms. The maximum Gasteiger partial charge on any atom is 0.229 e. The van der Waals surface area contributed by atoms with Crippen LogP contribution in [-0.2, 0) is 0 Å². The van der Waals surface area contributed by atoms with E-state index in [0.717, 1.165) is 56.3 Å². The summed E-state index contributed by atoms with van der Waals surface area (Å²) in [6.45, 7) is 3.66. The third kappa shape index (κ3) is 2.96. The highest BCUT2D eigenvalue weighted by Gasteiger charge is 2.28. The van der Waals surface area contributed by atoms with Crippen LogP contribution in [0.15, 0.2) is 24.3 Å². The van der Waals surface area contributed by atoms with Crippen LogP contribution in [0.5, 0.6) is 5.88 Å². The molecule has 1 saturated heterocycles. The molecule has 0 unspecified atom stereocenters. The predicted molar refractivity (Wildman–Crippen MR) is 88.9 cm³/mol. The number of piperazine rings is 1. The first-order chi connectivity index (χ1) is 11.3. The Morgan fingerprint density at radius 2 is 1.96 bits per heavy atom. The lowest BCUT2D eigenvalue weighted by Gasteiger charge is -2.28. The Kier molecular flexibility index (Phi) is 4.01. The second-order valence-electron chi connectivity index (χ2n) is 6.24. The van der Waals surface area contributed by atoms with Crippen molar-refractivity contribution in [1.29, 1.82) is 0 Å². The highest BCUT2D eigenvalue weighted by molar-refractivity contribution is 5.84. The minimum atomic E-state index is -0.397. The predicted octanol–water partition coefficient (Wildman–Crippen LogP) is 1.33. The van der Waals surface area contributed by atoms with Crippen LogP contribution >= 0.6 is 0 Å². The van der Waals surface area contributed by atoms with Gasteiger partial charge in [-0.15, -0.1) is 0 Å². The SMILES string of the molecule is O[C@@H]1CCC[C@@H]1Oc1nc(N2CCNCC2)nc2ccccc12. The molecule has 1 aliphatic carbocycles. The molecule has 23 heavy (non-hydrogen) atoms. The first-order valence-corrected chi connectivity index (χ1v) is 8.38. The lowest BCUT2D eigenvalue weighted by atomic mass is 10.2. The lowest BCUT2D eigenvalue weighted by molar-refractivity contribution is 0.0585. The average Bonchev–Trinajstić information content (AvgIpc) is 3.00. The fraction of sp³-hybridized carbons (Fsp3) is 0.529. The molecule has 122 valence electrons. The van der Waals surface area contributed by atoms with Gasteiger partial charge in [0.05, 0.1) is 17.0 Å². The van der Waals surface area contributed by atoms with Gasteiger partial charge < -0.3 is 20.1 Å². The van der Waals surface area contributed by atoms with Crippen molar-refractivity contribution in [3.63, 3.8) is 0 Å². The summed E-state index contributed by atoms with van der Waals surface area (Å²) in [5, 5.41) is 14.3. The summed E-state index contributed by atoms with van der Waals surface area (Å²) >= 11 is 0. The van der Waals surface area contributed by atoms with Crippen LogP contribution in [-0.4, -0.2) is 53.5 Å². The molecule has 0 amide bonds. The van der Waals surface area contributed by atoms with Crippen molar-refractivity contribution in [2.75, 3.05) is 31.1 Å². The van der Waals surface area contributed by atoms with Gasteiger partial charge in [-0.3, -0.25) is 0 Å². The first-order valence-electron chi connectivity index (χ1n) is 8.38. The summed E-state index contributed by atoms with van der Waals surface area (Å²) in [5.41, 5.74) is 0.888. The number of para-hydroxylation sites is 1. The zero-order valence-electron chi connectivity index (χ0n) is 13.1. The van der Waals surface area contributed by atoms with Gasteiger partial charge in [-0.25, -0.2) is 4.98 Å². The number of fused-ring (bicyclic) bond motifs is 1. The van der Waals surface area contributed by atoms with Gasteiger partial charge in [0.15, 0.2) is 0 Å². The molecular weight excluding hydrogens is 292 g/mol. The van der Waals surface area contributed by atoms with Crippen molar-refractivity contribution in [2.24, 2.45) is 0 Å². The van der Waals surface area contributed by atoms with Gasteiger partial charge in [-0.2, -0.15) is 4.98 Å². The number of nitrogens with zero attached hydrogens (tertiary/aromatic N) is 3. The van der Waals surface area contributed by atoms with Crippen LogP contribution in [0.4, 0.5) is 5.95 Å². The van der Waals surface area contributed by atoms with Gasteiger partial charge in [0.1, 0.15) is 6.10 Å². The van der Waals surface area contributed by atoms with Crippen molar-refractivity contribution in [2.45, 2.75) is 31.5 Å². The monoisotopic (exact) mass is 314 g/mol. The molecule has 1 saturated carbocycles. The summed E-state index contributed by atoms with van der Waals surface area (Å²) in [6.07, 6.45) is 2.12. The van der Waals surface area contributed by atoms with E-state index in [2.05, 4.69) is 15.2 Å². The minimum Gasteiger partial charge on any atom is -0.471 e. The van der Waals surface area contributed by atoms with Crippen molar-refractivity contribution in [3.8, 4) is 5.88 Å². The van der Waals surface area contributed by atoms with E-state index in [1.807, 2.05) is 24.3 Å². The Bertz CT molecular complexity index is 687. The molecular formula is C17H22N4O2. The number of benzene rings is 1. The van der Waals surface area contributed by atoms with E-state index in [0.29, 0.717) is 11.8 Å². The number of aliphatic hydroxyl groups excluding tert-OH is 1. The summed E-state index contributed by atoms with van der Waals surface area (Å²) in [6, 6.07) is 7.91. The summed E-state index contributed by atoms with van der Waals surface area (Å²) in [5.74, 6) is 1.31. The molecule has 2 fully saturated rings. The summed E-state index contributed by atoms with van der Waals surface area (Å²) in [7, 11) is 0. The third-order valence-corrected chi connectivity index (χ3v) is 4.64. The van der Waals surface area contributed by atoms with Crippen molar-refractivity contribution in [3.05, 3.63) is 24.3 Å². The summed E-state index contributed by atoms with van der Waals surface area (Å²) in [4.78, 5) is 11.6. The maximum absolute atomic E-state index is 10.1. The topological polar surface area (TPSA) is 70.5 Å². The molecule has 0 bridgehead atoms. The van der Waals surface area contributed by atoms with Gasteiger partial charge >= 0.3 is 0 Å². The van der Waals surface area contributed by atoms with E-state index < -0.39 is 6.10 Å². The molecule has 0 radical (unpaired) electrons. The average molecular weight is 314 g/mol. The van der Waals surface area contributed by atoms with Gasteiger partial charge in [-0.1, -0.05) is 12.1 Å². The Morgan fingerprint density at radius 3 is 2.74 bits per heavy atom. The highest BCUT2D eigenvalue weighted by atomic mass is 16.5. The number of rotatable bonds is 3. The molecule has 2 N–H and O–H groups in total. The Hall–Kier alpha value is -1.92. The second-order valence-corrected chi connectivity index (χ2v) is 6.24. The molecule has 2 heterocycles. The Labute approximate surface area is 135 Å². The van der Waals surface area contributed by atoms with Crippen LogP contribution in [0.3, 0.4) is 0 Å². The third-order valence-electron chi connectivity index (χ3n) is 4.64. The van der Waals surface area contributed by atoms with Gasteiger partial charge in [0.2, 0.25) is 11.8 Å².